The molecule has 0 amide bonds. The minimum Gasteiger partial charge on any atom is -0.233 e. The third kappa shape index (κ3) is 3.26. The molecule has 0 saturated carbocycles. The molecule has 0 radical (unpaired) electrons. The number of nitrogens with zero attached hydrogens (tertiary/aromatic N) is 2. The Bertz CT molecular complexity index is 731. The summed E-state index contributed by atoms with van der Waals surface area (Å²) >= 11 is 0. The van der Waals surface area contributed by atoms with Gasteiger partial charge in [0.05, 0.1) is 5.69 Å². The first kappa shape index (κ1) is 15.7. The third-order valence-corrected chi connectivity index (χ3v) is 4.73. The van der Waals surface area contributed by atoms with Gasteiger partial charge in [-0.25, -0.2) is 9.97 Å². The van der Waals surface area contributed by atoms with Crippen molar-refractivity contribution in [1.82, 2.24) is 9.97 Å². The van der Waals surface area contributed by atoms with E-state index in [1.165, 1.54) is 0 Å². The number of rotatable bonds is 4. The number of benzene rings is 1. The third-order valence-electron chi connectivity index (χ3n) is 4.73. The standard InChI is InChI=1S/C21H24N2/c1-4-16(2)18-15-19(21(3)13-9-6-10-14-21)23-20(22-18)17-11-7-5-8-12-17/h5-13,15-16H,4,14H2,1-3H3. The van der Waals surface area contributed by atoms with Crippen LogP contribution in [0.4, 0.5) is 0 Å². The van der Waals surface area contributed by atoms with Gasteiger partial charge in [0.25, 0.3) is 0 Å². The first-order valence-electron chi connectivity index (χ1n) is 8.41. The Morgan fingerprint density at radius 2 is 1.91 bits per heavy atom. The molecule has 0 N–H and O–H groups in total. The van der Waals surface area contributed by atoms with Gasteiger partial charge in [-0.1, -0.05) is 75.4 Å². The van der Waals surface area contributed by atoms with Crippen LogP contribution in [0, 0.1) is 0 Å². The van der Waals surface area contributed by atoms with Crippen LogP contribution in [0.1, 0.15) is 50.9 Å². The molecule has 2 unspecified atom stereocenters. The number of aromatic nitrogens is 2. The summed E-state index contributed by atoms with van der Waals surface area (Å²) < 4.78 is 0. The van der Waals surface area contributed by atoms with Gasteiger partial charge in [-0.05, 0) is 24.8 Å². The zero-order valence-electron chi connectivity index (χ0n) is 14.2. The molecule has 0 bridgehead atoms. The van der Waals surface area contributed by atoms with Crippen LogP contribution in [0.25, 0.3) is 11.4 Å². The van der Waals surface area contributed by atoms with Crippen LogP contribution >= 0.6 is 0 Å². The van der Waals surface area contributed by atoms with E-state index in [-0.39, 0.29) is 5.41 Å². The lowest BCUT2D eigenvalue weighted by molar-refractivity contribution is 0.572. The Balaban J connectivity index is 2.12. The van der Waals surface area contributed by atoms with Crippen molar-refractivity contribution in [3.8, 4) is 11.4 Å². The van der Waals surface area contributed by atoms with Gasteiger partial charge in [-0.15, -0.1) is 0 Å². The van der Waals surface area contributed by atoms with Gasteiger partial charge in [0.15, 0.2) is 5.82 Å². The van der Waals surface area contributed by atoms with Crippen molar-refractivity contribution in [2.24, 2.45) is 0 Å². The molecule has 1 aliphatic carbocycles. The van der Waals surface area contributed by atoms with Gasteiger partial charge in [0, 0.05) is 16.7 Å². The summed E-state index contributed by atoms with van der Waals surface area (Å²) in [5, 5.41) is 0. The minimum atomic E-state index is -0.0522. The van der Waals surface area contributed by atoms with Gasteiger partial charge in [-0.3, -0.25) is 0 Å². The Labute approximate surface area is 139 Å². The van der Waals surface area contributed by atoms with Crippen molar-refractivity contribution in [2.75, 3.05) is 0 Å². The second-order valence-corrected chi connectivity index (χ2v) is 6.59. The SMILES string of the molecule is CCC(C)c1cc(C2(C)C=CC=CC2)nc(-c2ccccc2)n1. The Morgan fingerprint density at radius 1 is 1.13 bits per heavy atom. The van der Waals surface area contributed by atoms with E-state index < -0.39 is 0 Å². The molecule has 3 rings (SSSR count). The molecule has 1 aromatic carbocycles. The predicted molar refractivity (Wildman–Crippen MR) is 96.4 cm³/mol. The molecule has 1 aliphatic rings. The van der Waals surface area contributed by atoms with Gasteiger partial charge in [0.2, 0.25) is 0 Å². The highest BCUT2D eigenvalue weighted by Crippen LogP contribution is 2.33. The average molecular weight is 304 g/mol. The fourth-order valence-electron chi connectivity index (χ4n) is 2.85. The molecule has 2 aromatic rings. The summed E-state index contributed by atoms with van der Waals surface area (Å²) in [4.78, 5) is 9.77. The van der Waals surface area contributed by atoms with Gasteiger partial charge < -0.3 is 0 Å². The van der Waals surface area contributed by atoms with Crippen molar-refractivity contribution in [3.63, 3.8) is 0 Å². The molecule has 2 atom stereocenters. The molecule has 2 heteroatoms. The molecular formula is C21H24N2. The summed E-state index contributed by atoms with van der Waals surface area (Å²) in [6, 6.07) is 12.5. The van der Waals surface area contributed by atoms with Crippen LogP contribution < -0.4 is 0 Å². The van der Waals surface area contributed by atoms with Crippen LogP contribution in [-0.2, 0) is 5.41 Å². The van der Waals surface area contributed by atoms with Crippen molar-refractivity contribution in [2.45, 2.75) is 44.9 Å². The van der Waals surface area contributed by atoms with Crippen molar-refractivity contribution in [1.29, 1.82) is 0 Å². The zero-order chi connectivity index (χ0) is 16.3. The summed E-state index contributed by atoms with van der Waals surface area (Å²) in [7, 11) is 0. The molecule has 0 spiro atoms. The zero-order valence-corrected chi connectivity index (χ0v) is 14.2. The highest BCUT2D eigenvalue weighted by Gasteiger charge is 2.27. The highest BCUT2D eigenvalue weighted by atomic mass is 14.9. The molecule has 1 aromatic heterocycles. The van der Waals surface area contributed by atoms with Crippen molar-refractivity contribution in [3.05, 3.63) is 72.1 Å². The van der Waals surface area contributed by atoms with Crippen LogP contribution in [-0.4, -0.2) is 9.97 Å². The maximum Gasteiger partial charge on any atom is 0.159 e. The monoisotopic (exact) mass is 304 g/mol. The minimum absolute atomic E-state index is 0.0522. The Hall–Kier alpha value is -2.22. The second kappa shape index (κ2) is 6.49. The van der Waals surface area contributed by atoms with Gasteiger partial charge in [0.1, 0.15) is 0 Å². The van der Waals surface area contributed by atoms with E-state index in [1.807, 2.05) is 18.2 Å². The first-order valence-corrected chi connectivity index (χ1v) is 8.41. The van der Waals surface area contributed by atoms with E-state index in [0.717, 1.165) is 35.6 Å². The lowest BCUT2D eigenvalue weighted by Crippen LogP contribution is -2.22. The fourth-order valence-corrected chi connectivity index (χ4v) is 2.85. The van der Waals surface area contributed by atoms with Crippen LogP contribution in [0.15, 0.2) is 60.7 Å². The lowest BCUT2D eigenvalue weighted by Gasteiger charge is -2.27. The van der Waals surface area contributed by atoms with E-state index in [4.69, 9.17) is 9.97 Å². The predicted octanol–water partition coefficient (Wildman–Crippen LogP) is 5.43. The maximum atomic E-state index is 4.92. The summed E-state index contributed by atoms with van der Waals surface area (Å²) in [6.07, 6.45) is 10.8. The summed E-state index contributed by atoms with van der Waals surface area (Å²) in [5.41, 5.74) is 3.28. The molecule has 0 saturated heterocycles. The Morgan fingerprint density at radius 3 is 2.57 bits per heavy atom. The van der Waals surface area contributed by atoms with Crippen molar-refractivity contribution < 1.29 is 0 Å². The Kier molecular flexibility index (Phi) is 4.42. The maximum absolute atomic E-state index is 4.92. The van der Waals surface area contributed by atoms with E-state index >= 15 is 0 Å². The van der Waals surface area contributed by atoms with Crippen LogP contribution in [0.2, 0.25) is 0 Å². The lowest BCUT2D eigenvalue weighted by atomic mass is 9.80. The highest BCUT2D eigenvalue weighted by molar-refractivity contribution is 5.55. The number of allylic oxidation sites excluding steroid dienone is 4. The molecule has 1 heterocycles. The molecule has 23 heavy (non-hydrogen) atoms. The fraction of sp³-hybridized carbons (Fsp3) is 0.333. The van der Waals surface area contributed by atoms with Crippen molar-refractivity contribution >= 4 is 0 Å². The largest absolute Gasteiger partial charge is 0.233 e. The smallest absolute Gasteiger partial charge is 0.159 e. The quantitative estimate of drug-likeness (QED) is 0.752. The molecular weight excluding hydrogens is 280 g/mol. The second-order valence-electron chi connectivity index (χ2n) is 6.59. The number of hydrogen-bond acceptors (Lipinski definition) is 2. The summed E-state index contributed by atoms with van der Waals surface area (Å²) in [5.74, 6) is 1.27. The first-order chi connectivity index (χ1) is 11.1. The van der Waals surface area contributed by atoms with E-state index in [9.17, 15) is 0 Å². The van der Waals surface area contributed by atoms with Gasteiger partial charge >= 0.3 is 0 Å². The average Bonchev–Trinajstić information content (AvgIpc) is 2.62. The molecule has 2 nitrogen and oxygen atoms in total. The number of hydrogen-bond donors (Lipinski definition) is 0. The molecule has 0 aliphatic heterocycles. The normalized spacial score (nSPS) is 21.3. The summed E-state index contributed by atoms with van der Waals surface area (Å²) in [6.45, 7) is 6.70. The van der Waals surface area contributed by atoms with E-state index in [0.29, 0.717) is 5.92 Å². The molecule has 0 fully saturated rings. The van der Waals surface area contributed by atoms with E-state index in [1.54, 1.807) is 0 Å². The van der Waals surface area contributed by atoms with Crippen LogP contribution in [0.3, 0.4) is 0 Å². The van der Waals surface area contributed by atoms with E-state index in [2.05, 4.69) is 63.3 Å². The topological polar surface area (TPSA) is 25.8 Å². The van der Waals surface area contributed by atoms with Gasteiger partial charge in [-0.2, -0.15) is 0 Å². The van der Waals surface area contributed by atoms with Crippen LogP contribution in [0.5, 0.6) is 0 Å². The molecule has 118 valence electrons.